The monoisotopic (exact) mass is 248 g/mol. The maximum Gasteiger partial charge on any atom is 0.229 e. The van der Waals surface area contributed by atoms with E-state index in [2.05, 4.69) is 17.6 Å². The normalized spacial score (nSPS) is 23.0. The number of amides is 1. The van der Waals surface area contributed by atoms with Crippen molar-refractivity contribution < 1.29 is 9.90 Å². The molecule has 1 aromatic carbocycles. The maximum atomic E-state index is 12.1. The van der Waals surface area contributed by atoms with Gasteiger partial charge in [0.1, 0.15) is 5.75 Å². The number of phenolic OH excluding ortho intramolecular Hbond substituents is 1. The summed E-state index contributed by atoms with van der Waals surface area (Å²) in [5, 5.41) is 15.8. The van der Waals surface area contributed by atoms with Gasteiger partial charge in [-0.1, -0.05) is 19.9 Å². The lowest BCUT2D eigenvalue weighted by Gasteiger charge is -2.15. The molecule has 3 N–H and O–H groups in total. The number of rotatable bonds is 3. The van der Waals surface area contributed by atoms with E-state index in [0.717, 1.165) is 18.5 Å². The van der Waals surface area contributed by atoms with Crippen molar-refractivity contribution in [2.45, 2.75) is 20.3 Å². The van der Waals surface area contributed by atoms with E-state index < -0.39 is 0 Å². The fourth-order valence-corrected chi connectivity index (χ4v) is 2.29. The van der Waals surface area contributed by atoms with Gasteiger partial charge in [0, 0.05) is 6.54 Å². The Morgan fingerprint density at radius 2 is 2.28 bits per heavy atom. The van der Waals surface area contributed by atoms with Crippen molar-refractivity contribution in [3.63, 3.8) is 0 Å². The van der Waals surface area contributed by atoms with Crippen LogP contribution in [0.25, 0.3) is 0 Å². The van der Waals surface area contributed by atoms with Crippen molar-refractivity contribution in [2.24, 2.45) is 11.8 Å². The fraction of sp³-hybridized carbons (Fsp3) is 0.500. The number of nitrogens with one attached hydrogen (secondary N) is 2. The van der Waals surface area contributed by atoms with E-state index in [0.29, 0.717) is 18.2 Å². The van der Waals surface area contributed by atoms with Crippen molar-refractivity contribution >= 4 is 11.6 Å². The summed E-state index contributed by atoms with van der Waals surface area (Å²) in [6.07, 6.45) is 0.880. The van der Waals surface area contributed by atoms with Crippen LogP contribution in [0.5, 0.6) is 5.75 Å². The third-order valence-electron chi connectivity index (χ3n) is 3.58. The number of carbonyl (C=O) groups excluding carboxylic acids is 1. The van der Waals surface area contributed by atoms with Crippen LogP contribution in [0.1, 0.15) is 19.4 Å². The third-order valence-corrected chi connectivity index (χ3v) is 3.58. The first-order chi connectivity index (χ1) is 8.61. The lowest BCUT2D eigenvalue weighted by Crippen LogP contribution is -2.27. The van der Waals surface area contributed by atoms with Crippen molar-refractivity contribution in [2.75, 3.05) is 18.4 Å². The van der Waals surface area contributed by atoms with E-state index in [-0.39, 0.29) is 17.6 Å². The minimum Gasteiger partial charge on any atom is -0.506 e. The van der Waals surface area contributed by atoms with Crippen LogP contribution >= 0.6 is 0 Å². The average Bonchev–Trinajstić information content (AvgIpc) is 2.78. The second-order valence-corrected chi connectivity index (χ2v) is 4.94. The molecule has 2 unspecified atom stereocenters. The zero-order chi connectivity index (χ0) is 13.1. The summed E-state index contributed by atoms with van der Waals surface area (Å²) in [7, 11) is 0. The molecule has 2 rings (SSSR count). The first-order valence-electron chi connectivity index (χ1n) is 6.45. The van der Waals surface area contributed by atoms with Gasteiger partial charge in [-0.25, -0.2) is 0 Å². The third kappa shape index (κ3) is 2.64. The minimum absolute atomic E-state index is 0.0175. The van der Waals surface area contributed by atoms with Crippen LogP contribution < -0.4 is 10.6 Å². The topological polar surface area (TPSA) is 61.4 Å². The molecule has 18 heavy (non-hydrogen) atoms. The predicted molar refractivity (Wildman–Crippen MR) is 71.6 cm³/mol. The first kappa shape index (κ1) is 12.9. The van der Waals surface area contributed by atoms with Crippen molar-refractivity contribution in [3.8, 4) is 5.75 Å². The van der Waals surface area contributed by atoms with Gasteiger partial charge in [0.15, 0.2) is 0 Å². The van der Waals surface area contributed by atoms with Gasteiger partial charge < -0.3 is 15.7 Å². The molecule has 1 saturated heterocycles. The highest BCUT2D eigenvalue weighted by Crippen LogP contribution is 2.26. The number of benzene rings is 1. The molecule has 1 aromatic rings. The first-order valence-corrected chi connectivity index (χ1v) is 6.45. The van der Waals surface area contributed by atoms with E-state index in [1.54, 1.807) is 6.07 Å². The van der Waals surface area contributed by atoms with Gasteiger partial charge in [0.2, 0.25) is 5.91 Å². The van der Waals surface area contributed by atoms with Crippen LogP contribution in [-0.2, 0) is 11.2 Å². The van der Waals surface area contributed by atoms with Crippen LogP contribution in [-0.4, -0.2) is 24.1 Å². The predicted octanol–water partition coefficient (Wildman–Crippen LogP) is 1.75. The number of anilines is 1. The Morgan fingerprint density at radius 3 is 2.89 bits per heavy atom. The molecule has 1 aliphatic heterocycles. The molecule has 98 valence electrons. The van der Waals surface area contributed by atoms with E-state index in [1.807, 2.05) is 19.1 Å². The molecule has 1 amide bonds. The van der Waals surface area contributed by atoms with Crippen LogP contribution in [0.2, 0.25) is 0 Å². The number of phenols is 1. The Kier molecular flexibility index (Phi) is 3.87. The Hall–Kier alpha value is -1.55. The fourth-order valence-electron chi connectivity index (χ4n) is 2.29. The summed E-state index contributed by atoms with van der Waals surface area (Å²) in [6.45, 7) is 5.69. The standard InChI is InChI=1S/C14H20N2O2/c1-3-10-4-5-13(17)12(6-10)16-14(18)11-8-15-7-9(11)2/h4-6,9,11,15,17H,3,7-8H2,1-2H3,(H,16,18). The summed E-state index contributed by atoms with van der Waals surface area (Å²) in [4.78, 5) is 12.1. The lowest BCUT2D eigenvalue weighted by molar-refractivity contribution is -0.120. The summed E-state index contributed by atoms with van der Waals surface area (Å²) in [6, 6.07) is 5.33. The van der Waals surface area contributed by atoms with Crippen LogP contribution in [0, 0.1) is 11.8 Å². The molecule has 0 aromatic heterocycles. The Morgan fingerprint density at radius 1 is 1.50 bits per heavy atom. The van der Waals surface area contributed by atoms with Gasteiger partial charge >= 0.3 is 0 Å². The van der Waals surface area contributed by atoms with E-state index in [9.17, 15) is 9.90 Å². The molecule has 0 aliphatic carbocycles. The Balaban J connectivity index is 2.11. The smallest absolute Gasteiger partial charge is 0.229 e. The largest absolute Gasteiger partial charge is 0.506 e. The van der Waals surface area contributed by atoms with Gasteiger partial charge in [-0.15, -0.1) is 0 Å². The molecule has 0 spiro atoms. The van der Waals surface area contributed by atoms with Crippen LogP contribution in [0.3, 0.4) is 0 Å². The Bertz CT molecular complexity index is 445. The van der Waals surface area contributed by atoms with E-state index in [4.69, 9.17) is 0 Å². The molecule has 4 heteroatoms. The zero-order valence-electron chi connectivity index (χ0n) is 10.9. The molecule has 2 atom stereocenters. The molecule has 1 fully saturated rings. The molecule has 4 nitrogen and oxygen atoms in total. The van der Waals surface area contributed by atoms with Gasteiger partial charge in [0.25, 0.3) is 0 Å². The minimum atomic E-state index is -0.0188. The highest BCUT2D eigenvalue weighted by Gasteiger charge is 2.29. The summed E-state index contributed by atoms with van der Waals surface area (Å²) in [5.41, 5.74) is 1.61. The summed E-state index contributed by atoms with van der Waals surface area (Å²) < 4.78 is 0. The lowest BCUT2D eigenvalue weighted by atomic mass is 9.97. The van der Waals surface area contributed by atoms with Gasteiger partial charge in [-0.3, -0.25) is 4.79 Å². The number of carbonyl (C=O) groups is 1. The SMILES string of the molecule is CCc1ccc(O)c(NC(=O)C2CNCC2C)c1. The average molecular weight is 248 g/mol. The quantitative estimate of drug-likeness (QED) is 0.714. The summed E-state index contributed by atoms with van der Waals surface area (Å²) in [5.74, 6) is 0.423. The zero-order valence-corrected chi connectivity index (χ0v) is 10.9. The molecular weight excluding hydrogens is 228 g/mol. The van der Waals surface area contributed by atoms with Crippen molar-refractivity contribution in [1.29, 1.82) is 0 Å². The Labute approximate surface area is 107 Å². The molecule has 1 heterocycles. The number of hydrogen-bond donors (Lipinski definition) is 3. The van der Waals surface area contributed by atoms with Gasteiger partial charge in [0.05, 0.1) is 11.6 Å². The molecule has 0 radical (unpaired) electrons. The highest BCUT2D eigenvalue weighted by atomic mass is 16.3. The second-order valence-electron chi connectivity index (χ2n) is 4.94. The van der Waals surface area contributed by atoms with Crippen molar-refractivity contribution in [1.82, 2.24) is 5.32 Å². The molecular formula is C14H20N2O2. The number of aromatic hydroxyl groups is 1. The van der Waals surface area contributed by atoms with E-state index in [1.165, 1.54) is 0 Å². The van der Waals surface area contributed by atoms with Crippen LogP contribution in [0.15, 0.2) is 18.2 Å². The number of aryl methyl sites for hydroxylation is 1. The van der Waals surface area contributed by atoms with Gasteiger partial charge in [-0.2, -0.15) is 0 Å². The second kappa shape index (κ2) is 5.40. The molecule has 1 aliphatic rings. The number of hydrogen-bond acceptors (Lipinski definition) is 3. The molecule has 0 bridgehead atoms. The molecule has 0 saturated carbocycles. The van der Waals surface area contributed by atoms with E-state index >= 15 is 0 Å². The maximum absolute atomic E-state index is 12.1. The van der Waals surface area contributed by atoms with Crippen molar-refractivity contribution in [3.05, 3.63) is 23.8 Å². The van der Waals surface area contributed by atoms with Gasteiger partial charge in [-0.05, 0) is 36.6 Å². The summed E-state index contributed by atoms with van der Waals surface area (Å²) >= 11 is 0. The van der Waals surface area contributed by atoms with Crippen LogP contribution in [0.4, 0.5) is 5.69 Å². The highest BCUT2D eigenvalue weighted by molar-refractivity contribution is 5.94.